The van der Waals surface area contributed by atoms with Gasteiger partial charge in [-0.3, -0.25) is 4.79 Å². The van der Waals surface area contributed by atoms with Crippen LogP contribution in [0, 0.1) is 13.8 Å². The van der Waals surface area contributed by atoms with Crippen LogP contribution in [-0.2, 0) is 4.74 Å². The molecule has 0 spiro atoms. The molecule has 1 N–H and O–H groups in total. The molecule has 2 aromatic heterocycles. The topological polar surface area (TPSA) is 71.1 Å². The van der Waals surface area contributed by atoms with Gasteiger partial charge in [0, 0.05) is 36.7 Å². The maximum Gasteiger partial charge on any atom is 0.254 e. The second-order valence-corrected chi connectivity index (χ2v) is 5.66. The first-order valence-corrected chi connectivity index (χ1v) is 7.41. The molecule has 1 aliphatic rings. The van der Waals surface area contributed by atoms with Crippen molar-refractivity contribution in [3.8, 4) is 11.4 Å². The molecule has 1 aliphatic heterocycles. The molecule has 6 heteroatoms. The molecule has 0 aromatic carbocycles. The monoisotopic (exact) mass is 300 g/mol. The number of nitrogens with one attached hydrogen (secondary N) is 1. The largest absolute Gasteiger partial charge is 0.379 e. The summed E-state index contributed by atoms with van der Waals surface area (Å²) in [5.41, 5.74) is 2.09. The summed E-state index contributed by atoms with van der Waals surface area (Å²) in [7, 11) is 2.03. The number of ether oxygens (including phenoxy) is 1. The predicted molar refractivity (Wildman–Crippen MR) is 85.2 cm³/mol. The molecule has 0 radical (unpaired) electrons. The van der Waals surface area contributed by atoms with E-state index in [4.69, 9.17) is 4.74 Å². The Morgan fingerprint density at radius 3 is 2.77 bits per heavy atom. The van der Waals surface area contributed by atoms with Gasteiger partial charge in [0.25, 0.3) is 5.56 Å². The second-order valence-electron chi connectivity index (χ2n) is 5.66. The van der Waals surface area contributed by atoms with E-state index in [1.165, 1.54) is 0 Å². The van der Waals surface area contributed by atoms with Crippen LogP contribution in [0.5, 0.6) is 0 Å². The molecule has 1 fully saturated rings. The van der Waals surface area contributed by atoms with Crippen LogP contribution in [0.1, 0.15) is 17.7 Å². The number of anilines is 1. The highest BCUT2D eigenvalue weighted by molar-refractivity contribution is 5.56. The fourth-order valence-corrected chi connectivity index (χ4v) is 2.53. The van der Waals surface area contributed by atoms with Gasteiger partial charge in [0.2, 0.25) is 0 Å². The normalized spacial score (nSPS) is 17.7. The summed E-state index contributed by atoms with van der Waals surface area (Å²) < 4.78 is 5.41. The number of nitrogens with zero attached hydrogens (tertiary/aromatic N) is 3. The van der Waals surface area contributed by atoms with Gasteiger partial charge >= 0.3 is 0 Å². The average Bonchev–Trinajstić information content (AvgIpc) is 3.06. The van der Waals surface area contributed by atoms with Gasteiger partial charge in [-0.05, 0) is 32.4 Å². The fraction of sp³-hybridized carbons (Fsp3) is 0.438. The number of rotatable bonds is 3. The lowest BCUT2D eigenvalue weighted by Crippen LogP contribution is -2.32. The van der Waals surface area contributed by atoms with Crippen LogP contribution in [0.15, 0.2) is 23.1 Å². The quantitative estimate of drug-likeness (QED) is 0.933. The Bertz CT molecular complexity index is 718. The van der Waals surface area contributed by atoms with Gasteiger partial charge in [-0.15, -0.1) is 0 Å². The molecule has 22 heavy (non-hydrogen) atoms. The first-order valence-electron chi connectivity index (χ1n) is 7.41. The molecule has 6 nitrogen and oxygen atoms in total. The highest BCUT2D eigenvalue weighted by Gasteiger charge is 2.21. The molecule has 0 bridgehead atoms. The molecule has 3 heterocycles. The molecule has 0 amide bonds. The number of likely N-dealkylation sites (N-methyl/N-ethyl adjacent to an activating group) is 1. The molecular weight excluding hydrogens is 280 g/mol. The van der Waals surface area contributed by atoms with Crippen molar-refractivity contribution in [3.63, 3.8) is 0 Å². The van der Waals surface area contributed by atoms with Gasteiger partial charge in [0.1, 0.15) is 11.6 Å². The Labute approximate surface area is 129 Å². The average molecular weight is 300 g/mol. The maximum atomic E-state index is 11.8. The molecule has 1 unspecified atom stereocenters. The summed E-state index contributed by atoms with van der Waals surface area (Å²) in [4.78, 5) is 25.7. The summed E-state index contributed by atoms with van der Waals surface area (Å²) in [6, 6.07) is 4.25. The molecule has 1 atom stereocenters. The van der Waals surface area contributed by atoms with Crippen LogP contribution in [0.3, 0.4) is 0 Å². The van der Waals surface area contributed by atoms with Crippen LogP contribution in [-0.4, -0.2) is 41.3 Å². The number of hydrogen-bond donors (Lipinski definition) is 1. The van der Waals surface area contributed by atoms with Crippen LogP contribution >= 0.6 is 0 Å². The molecule has 0 aliphatic carbocycles. The lowest BCUT2D eigenvalue weighted by molar-refractivity contribution is 0.193. The third-order valence-electron chi connectivity index (χ3n) is 4.23. The number of aryl methyl sites for hydroxylation is 1. The summed E-state index contributed by atoms with van der Waals surface area (Å²) in [5.74, 6) is 1.45. The fourth-order valence-electron chi connectivity index (χ4n) is 2.53. The van der Waals surface area contributed by atoms with Crippen molar-refractivity contribution in [1.29, 1.82) is 0 Å². The Morgan fingerprint density at radius 1 is 1.36 bits per heavy atom. The minimum atomic E-state index is -0.105. The predicted octanol–water partition coefficient (Wildman–Crippen LogP) is 1.67. The minimum Gasteiger partial charge on any atom is -0.379 e. The lowest BCUT2D eigenvalue weighted by atomic mass is 10.2. The van der Waals surface area contributed by atoms with E-state index in [9.17, 15) is 4.79 Å². The van der Waals surface area contributed by atoms with E-state index in [1.54, 1.807) is 13.1 Å². The molecule has 116 valence electrons. The smallest absolute Gasteiger partial charge is 0.254 e. The second kappa shape index (κ2) is 5.88. The molecule has 1 saturated heterocycles. The summed E-state index contributed by atoms with van der Waals surface area (Å²) in [5, 5.41) is 0. The van der Waals surface area contributed by atoms with Crippen LogP contribution < -0.4 is 10.5 Å². The van der Waals surface area contributed by atoms with Crippen molar-refractivity contribution >= 4 is 5.82 Å². The van der Waals surface area contributed by atoms with Crippen molar-refractivity contribution in [2.24, 2.45) is 0 Å². The van der Waals surface area contributed by atoms with Gasteiger partial charge in [-0.2, -0.15) is 0 Å². The van der Waals surface area contributed by atoms with Gasteiger partial charge in [0.15, 0.2) is 0 Å². The van der Waals surface area contributed by atoms with Crippen molar-refractivity contribution < 1.29 is 4.74 Å². The lowest BCUT2D eigenvalue weighted by Gasteiger charge is -2.24. The SMILES string of the molecule is Cc1nc(-c2ccc(N(C)C3CCOC3)nc2)[nH]c(=O)c1C. The highest BCUT2D eigenvalue weighted by Crippen LogP contribution is 2.21. The number of aromatic amines is 1. The highest BCUT2D eigenvalue weighted by atomic mass is 16.5. The van der Waals surface area contributed by atoms with E-state index < -0.39 is 0 Å². The standard InChI is InChI=1S/C16H20N4O2/c1-10-11(2)18-15(19-16(10)21)12-4-5-14(17-8-12)20(3)13-6-7-22-9-13/h4-5,8,13H,6-7,9H2,1-3H3,(H,18,19,21). The summed E-state index contributed by atoms with van der Waals surface area (Å²) in [6.45, 7) is 5.15. The molecular formula is C16H20N4O2. The Kier molecular flexibility index (Phi) is 3.94. The van der Waals surface area contributed by atoms with Crippen molar-refractivity contribution in [2.45, 2.75) is 26.3 Å². The van der Waals surface area contributed by atoms with E-state index >= 15 is 0 Å². The number of H-pyrrole nitrogens is 1. The zero-order valence-electron chi connectivity index (χ0n) is 13.1. The van der Waals surface area contributed by atoms with Crippen molar-refractivity contribution in [3.05, 3.63) is 39.9 Å². The van der Waals surface area contributed by atoms with Crippen molar-refractivity contribution in [2.75, 3.05) is 25.2 Å². The van der Waals surface area contributed by atoms with E-state index in [-0.39, 0.29) is 5.56 Å². The van der Waals surface area contributed by atoms with E-state index in [0.29, 0.717) is 17.4 Å². The van der Waals surface area contributed by atoms with E-state index in [0.717, 1.165) is 36.7 Å². The third kappa shape index (κ3) is 2.74. The van der Waals surface area contributed by atoms with Gasteiger partial charge in [-0.25, -0.2) is 9.97 Å². The van der Waals surface area contributed by atoms with Gasteiger partial charge in [0.05, 0.1) is 12.6 Å². The Hall–Kier alpha value is -2.21. The Balaban J connectivity index is 1.86. The number of hydrogen-bond acceptors (Lipinski definition) is 5. The zero-order chi connectivity index (χ0) is 15.7. The van der Waals surface area contributed by atoms with E-state index in [1.807, 2.05) is 26.1 Å². The van der Waals surface area contributed by atoms with Crippen molar-refractivity contribution in [1.82, 2.24) is 15.0 Å². The van der Waals surface area contributed by atoms with Gasteiger partial charge in [-0.1, -0.05) is 0 Å². The molecule has 3 rings (SSSR count). The Morgan fingerprint density at radius 2 is 2.18 bits per heavy atom. The minimum absolute atomic E-state index is 0.105. The van der Waals surface area contributed by atoms with Crippen LogP contribution in [0.4, 0.5) is 5.82 Å². The number of aromatic nitrogens is 3. The maximum absolute atomic E-state index is 11.8. The first kappa shape index (κ1) is 14.7. The molecule has 2 aromatic rings. The summed E-state index contributed by atoms with van der Waals surface area (Å²) >= 11 is 0. The van der Waals surface area contributed by atoms with Gasteiger partial charge < -0.3 is 14.6 Å². The summed E-state index contributed by atoms with van der Waals surface area (Å²) in [6.07, 6.45) is 2.76. The van der Waals surface area contributed by atoms with Crippen LogP contribution in [0.2, 0.25) is 0 Å². The third-order valence-corrected chi connectivity index (χ3v) is 4.23. The number of pyridine rings is 1. The zero-order valence-corrected chi connectivity index (χ0v) is 13.1. The van der Waals surface area contributed by atoms with E-state index in [2.05, 4.69) is 19.9 Å². The molecule has 0 saturated carbocycles. The van der Waals surface area contributed by atoms with Crippen LogP contribution in [0.25, 0.3) is 11.4 Å². The first-order chi connectivity index (χ1) is 10.6.